The predicted molar refractivity (Wildman–Crippen MR) is 81.9 cm³/mol. The van der Waals surface area contributed by atoms with E-state index in [0.717, 1.165) is 49.1 Å². The Kier molecular flexibility index (Phi) is 2.89. The number of ether oxygens (including phenoxy) is 1. The van der Waals surface area contributed by atoms with Crippen molar-refractivity contribution < 1.29 is 9.53 Å². The lowest BCUT2D eigenvalue weighted by molar-refractivity contribution is -0.120. The van der Waals surface area contributed by atoms with E-state index in [1.807, 2.05) is 0 Å². The van der Waals surface area contributed by atoms with Crippen molar-refractivity contribution in [2.75, 3.05) is 19.8 Å². The highest BCUT2D eigenvalue weighted by Gasteiger charge is 2.60. The lowest BCUT2D eigenvalue weighted by atomic mass is 9.64. The Labute approximate surface area is 134 Å². The zero-order valence-corrected chi connectivity index (χ0v) is 13.5. The molecule has 1 spiro atoms. The maximum Gasteiger partial charge on any atom is 0.267 e. The van der Waals surface area contributed by atoms with Crippen LogP contribution in [-0.2, 0) is 4.74 Å². The van der Waals surface area contributed by atoms with Crippen LogP contribution in [0.15, 0.2) is 0 Å². The second-order valence-electron chi connectivity index (χ2n) is 7.45. The van der Waals surface area contributed by atoms with Crippen LogP contribution in [0.1, 0.15) is 59.8 Å². The van der Waals surface area contributed by atoms with Gasteiger partial charge in [0.25, 0.3) is 5.91 Å². The molecule has 1 aromatic rings. The Bertz CT molecular complexity index is 602. The molecule has 5 rings (SSSR count). The second kappa shape index (κ2) is 4.74. The molecule has 22 heavy (non-hydrogen) atoms. The topological polar surface area (TPSA) is 55.3 Å². The maximum absolute atomic E-state index is 13.0. The van der Waals surface area contributed by atoms with Crippen molar-refractivity contribution in [3.05, 3.63) is 10.6 Å². The van der Waals surface area contributed by atoms with Crippen molar-refractivity contribution in [3.63, 3.8) is 0 Å². The molecule has 1 unspecified atom stereocenters. The number of rotatable bonds is 3. The van der Waals surface area contributed by atoms with E-state index in [0.29, 0.717) is 17.4 Å². The molecule has 0 radical (unpaired) electrons. The van der Waals surface area contributed by atoms with E-state index in [4.69, 9.17) is 4.74 Å². The molecule has 2 aliphatic heterocycles. The Morgan fingerprint density at radius 3 is 2.68 bits per heavy atom. The van der Waals surface area contributed by atoms with Crippen LogP contribution in [0.2, 0.25) is 0 Å². The summed E-state index contributed by atoms with van der Waals surface area (Å²) in [4.78, 5) is 16.0. The molecule has 6 heteroatoms. The fourth-order valence-electron chi connectivity index (χ4n) is 4.45. The zero-order chi connectivity index (χ0) is 14.7. The summed E-state index contributed by atoms with van der Waals surface area (Å²) < 4.78 is 9.61. The predicted octanol–water partition coefficient (Wildman–Crippen LogP) is 2.45. The molecule has 118 valence electrons. The van der Waals surface area contributed by atoms with Crippen LogP contribution in [0.3, 0.4) is 0 Å². The molecule has 0 aromatic carbocycles. The highest BCUT2D eigenvalue weighted by atomic mass is 32.1. The quantitative estimate of drug-likeness (QED) is 0.859. The molecule has 2 aliphatic carbocycles. The molecule has 3 heterocycles. The van der Waals surface area contributed by atoms with Crippen LogP contribution in [-0.4, -0.2) is 46.2 Å². The van der Waals surface area contributed by atoms with Crippen molar-refractivity contribution in [2.24, 2.45) is 11.3 Å². The van der Waals surface area contributed by atoms with Gasteiger partial charge in [0.1, 0.15) is 4.88 Å². The first-order chi connectivity index (χ1) is 10.8. The monoisotopic (exact) mass is 319 g/mol. The number of hydrogen-bond acceptors (Lipinski definition) is 5. The number of aromatic nitrogens is 2. The van der Waals surface area contributed by atoms with Gasteiger partial charge in [0.15, 0.2) is 0 Å². The minimum Gasteiger partial charge on any atom is -0.381 e. The lowest BCUT2D eigenvalue weighted by Gasteiger charge is -2.59. The van der Waals surface area contributed by atoms with E-state index in [2.05, 4.69) is 14.5 Å². The smallest absolute Gasteiger partial charge is 0.267 e. The number of nitrogens with zero attached hydrogens (tertiary/aromatic N) is 3. The molecule has 1 aromatic heterocycles. The van der Waals surface area contributed by atoms with E-state index < -0.39 is 0 Å². The van der Waals surface area contributed by atoms with Crippen molar-refractivity contribution >= 4 is 17.4 Å². The third kappa shape index (κ3) is 1.96. The summed E-state index contributed by atoms with van der Waals surface area (Å²) in [7, 11) is 0. The molecule has 0 N–H and O–H groups in total. The van der Waals surface area contributed by atoms with Gasteiger partial charge in [-0.2, -0.15) is 0 Å². The first-order valence-electron chi connectivity index (χ1n) is 8.49. The zero-order valence-electron chi connectivity index (χ0n) is 12.7. The summed E-state index contributed by atoms with van der Waals surface area (Å²) >= 11 is 1.30. The van der Waals surface area contributed by atoms with Gasteiger partial charge in [0, 0.05) is 37.1 Å². The molecule has 0 bridgehead atoms. The Balaban J connectivity index is 1.40. The number of hydrogen-bond donors (Lipinski definition) is 0. The molecule has 4 aliphatic rings. The average Bonchev–Trinajstić information content (AvgIpc) is 3.46. The van der Waals surface area contributed by atoms with Crippen LogP contribution in [0.25, 0.3) is 0 Å². The van der Waals surface area contributed by atoms with Crippen LogP contribution in [0, 0.1) is 11.3 Å². The van der Waals surface area contributed by atoms with Gasteiger partial charge >= 0.3 is 0 Å². The maximum atomic E-state index is 13.0. The van der Waals surface area contributed by atoms with Gasteiger partial charge < -0.3 is 9.64 Å². The number of carbonyl (C=O) groups is 1. The first-order valence-corrected chi connectivity index (χ1v) is 9.27. The summed E-state index contributed by atoms with van der Waals surface area (Å²) in [6, 6.07) is 0.443. The van der Waals surface area contributed by atoms with E-state index in [1.54, 1.807) is 0 Å². The molecule has 2 saturated heterocycles. The lowest BCUT2D eigenvalue weighted by Crippen LogP contribution is -2.68. The molecular weight excluding hydrogens is 298 g/mol. The Morgan fingerprint density at radius 1 is 1.23 bits per heavy atom. The van der Waals surface area contributed by atoms with Crippen LogP contribution in [0.5, 0.6) is 0 Å². The number of carbonyl (C=O) groups excluding carboxylic acids is 1. The minimum absolute atomic E-state index is 0.200. The average molecular weight is 319 g/mol. The molecule has 4 fully saturated rings. The largest absolute Gasteiger partial charge is 0.381 e. The van der Waals surface area contributed by atoms with E-state index in [1.165, 1.54) is 37.2 Å². The van der Waals surface area contributed by atoms with Gasteiger partial charge in [-0.25, -0.2) is 0 Å². The third-order valence-electron chi connectivity index (χ3n) is 5.94. The van der Waals surface area contributed by atoms with Gasteiger partial charge in [-0.1, -0.05) is 4.49 Å². The minimum atomic E-state index is 0.200. The van der Waals surface area contributed by atoms with Crippen LogP contribution < -0.4 is 0 Å². The summed E-state index contributed by atoms with van der Waals surface area (Å²) in [5.41, 5.74) is 1.31. The molecule has 1 atom stereocenters. The van der Waals surface area contributed by atoms with Gasteiger partial charge in [-0.3, -0.25) is 4.79 Å². The standard InChI is InChI=1S/C16H21N3O2S/c20-15(13-12(10-1-2-10)17-18-22-13)19-9-16(5-7-21-8-6-16)14(19)11-3-4-11/h10-11,14H,1-9H2. The summed E-state index contributed by atoms with van der Waals surface area (Å²) in [5, 5.41) is 4.23. The van der Waals surface area contributed by atoms with Gasteiger partial charge in [-0.05, 0) is 56.0 Å². The molecule has 5 nitrogen and oxygen atoms in total. The third-order valence-corrected chi connectivity index (χ3v) is 6.67. The Morgan fingerprint density at radius 2 is 2.00 bits per heavy atom. The van der Waals surface area contributed by atoms with Gasteiger partial charge in [-0.15, -0.1) is 5.10 Å². The van der Waals surface area contributed by atoms with Crippen LogP contribution >= 0.6 is 11.5 Å². The van der Waals surface area contributed by atoms with Crippen molar-refractivity contribution in [1.29, 1.82) is 0 Å². The highest BCUT2D eigenvalue weighted by molar-refractivity contribution is 7.08. The second-order valence-corrected chi connectivity index (χ2v) is 8.21. The van der Waals surface area contributed by atoms with E-state index >= 15 is 0 Å². The van der Waals surface area contributed by atoms with Crippen molar-refractivity contribution in [3.8, 4) is 0 Å². The normalized spacial score (nSPS) is 30.4. The SMILES string of the molecule is O=C(c1snnc1C1CC1)N1CC2(CCOCC2)C1C1CC1. The fourth-order valence-corrected chi connectivity index (χ4v) is 5.15. The van der Waals surface area contributed by atoms with Crippen molar-refractivity contribution in [1.82, 2.24) is 14.5 Å². The van der Waals surface area contributed by atoms with Crippen LogP contribution in [0.4, 0.5) is 0 Å². The van der Waals surface area contributed by atoms with Gasteiger partial charge in [0.05, 0.1) is 5.69 Å². The number of amides is 1. The summed E-state index contributed by atoms with van der Waals surface area (Å²) in [5.74, 6) is 1.42. The highest BCUT2D eigenvalue weighted by Crippen LogP contribution is 2.55. The molecular formula is C16H21N3O2S. The van der Waals surface area contributed by atoms with E-state index in [9.17, 15) is 4.79 Å². The summed E-state index contributed by atoms with van der Waals surface area (Å²) in [6.07, 6.45) is 7.14. The van der Waals surface area contributed by atoms with Gasteiger partial charge in [0.2, 0.25) is 0 Å². The van der Waals surface area contributed by atoms with E-state index in [-0.39, 0.29) is 5.91 Å². The first kappa shape index (κ1) is 13.4. The summed E-state index contributed by atoms with van der Waals surface area (Å²) in [6.45, 7) is 2.64. The molecule has 1 amide bonds. The fraction of sp³-hybridized carbons (Fsp3) is 0.812. The number of likely N-dealkylation sites (tertiary alicyclic amines) is 1. The Hall–Kier alpha value is -1.01. The van der Waals surface area contributed by atoms with Crippen molar-refractivity contribution in [2.45, 2.75) is 50.5 Å². The molecule has 2 saturated carbocycles.